The van der Waals surface area contributed by atoms with Crippen molar-refractivity contribution in [2.24, 2.45) is 0 Å². The van der Waals surface area contributed by atoms with Gasteiger partial charge >= 0.3 is 5.97 Å². The first-order valence-electron chi connectivity index (χ1n) is 6.43. The summed E-state index contributed by atoms with van der Waals surface area (Å²) in [5, 5.41) is 0. The Hall–Kier alpha value is -2.11. The van der Waals surface area contributed by atoms with Crippen LogP contribution in [0.4, 0.5) is 4.39 Å². The van der Waals surface area contributed by atoms with Crippen LogP contribution in [0.3, 0.4) is 0 Å². The zero-order valence-corrected chi connectivity index (χ0v) is 12.8. The van der Waals surface area contributed by atoms with E-state index in [4.69, 9.17) is 9.47 Å². The highest BCUT2D eigenvalue weighted by atomic mass is 19.1. The van der Waals surface area contributed by atoms with Gasteiger partial charge in [-0.1, -0.05) is 0 Å². The Labute approximate surface area is 123 Å². The number of ketones is 1. The van der Waals surface area contributed by atoms with E-state index in [9.17, 15) is 14.0 Å². The molecule has 21 heavy (non-hydrogen) atoms. The lowest BCUT2D eigenvalue weighted by Gasteiger charge is -2.19. The standard InChI is InChI=1S/C15H19FO5/c1-6-21-14(18)12(17)10-7-9(15(2,3)16)8-11(19-4)13(10)20-5/h7-8H,6H2,1-5H3. The van der Waals surface area contributed by atoms with E-state index in [0.717, 1.165) is 0 Å². The van der Waals surface area contributed by atoms with E-state index in [1.165, 1.54) is 40.2 Å². The molecule has 1 aromatic rings. The highest BCUT2D eigenvalue weighted by Crippen LogP contribution is 2.37. The molecule has 0 N–H and O–H groups in total. The molecular weight excluding hydrogens is 279 g/mol. The quantitative estimate of drug-likeness (QED) is 0.459. The van der Waals surface area contributed by atoms with Gasteiger partial charge in [-0.3, -0.25) is 4.79 Å². The van der Waals surface area contributed by atoms with Crippen LogP contribution in [0.25, 0.3) is 0 Å². The number of benzene rings is 1. The summed E-state index contributed by atoms with van der Waals surface area (Å²) in [5.74, 6) is -1.68. The Morgan fingerprint density at radius 1 is 1.19 bits per heavy atom. The van der Waals surface area contributed by atoms with E-state index >= 15 is 0 Å². The lowest BCUT2D eigenvalue weighted by atomic mass is 9.95. The number of rotatable bonds is 6. The fourth-order valence-corrected chi connectivity index (χ4v) is 1.78. The molecule has 0 unspecified atom stereocenters. The Morgan fingerprint density at radius 2 is 1.81 bits per heavy atom. The Bertz CT molecular complexity index is 546. The molecule has 0 bridgehead atoms. The number of hydrogen-bond donors (Lipinski definition) is 0. The van der Waals surface area contributed by atoms with Crippen LogP contribution >= 0.6 is 0 Å². The number of methoxy groups -OCH3 is 2. The summed E-state index contributed by atoms with van der Waals surface area (Å²) in [6.45, 7) is 4.34. The van der Waals surface area contributed by atoms with Gasteiger partial charge in [-0.15, -0.1) is 0 Å². The summed E-state index contributed by atoms with van der Waals surface area (Å²) in [7, 11) is 2.70. The summed E-state index contributed by atoms with van der Waals surface area (Å²) in [5.41, 5.74) is -1.59. The van der Waals surface area contributed by atoms with Gasteiger partial charge in [-0.05, 0) is 38.5 Å². The van der Waals surface area contributed by atoms with Crippen molar-refractivity contribution in [3.63, 3.8) is 0 Å². The topological polar surface area (TPSA) is 61.8 Å². The van der Waals surface area contributed by atoms with Crippen molar-refractivity contribution in [3.05, 3.63) is 23.3 Å². The summed E-state index contributed by atoms with van der Waals surface area (Å²) < 4.78 is 29.0. The molecule has 0 heterocycles. The molecule has 0 saturated carbocycles. The minimum absolute atomic E-state index is 0.0678. The molecule has 0 aliphatic rings. The minimum atomic E-state index is -1.71. The third-order valence-corrected chi connectivity index (χ3v) is 2.87. The molecule has 0 spiro atoms. The van der Waals surface area contributed by atoms with Gasteiger partial charge < -0.3 is 14.2 Å². The van der Waals surface area contributed by atoms with Gasteiger partial charge in [-0.2, -0.15) is 0 Å². The molecule has 6 heteroatoms. The average Bonchev–Trinajstić information content (AvgIpc) is 2.44. The average molecular weight is 298 g/mol. The number of carbonyl (C=O) groups excluding carboxylic acids is 2. The summed E-state index contributed by atoms with van der Waals surface area (Å²) in [4.78, 5) is 23.7. The summed E-state index contributed by atoms with van der Waals surface area (Å²) in [6.07, 6.45) is 0. The van der Waals surface area contributed by atoms with Crippen molar-refractivity contribution < 1.29 is 28.2 Å². The Kier molecular flexibility index (Phi) is 5.29. The van der Waals surface area contributed by atoms with Crippen molar-refractivity contribution in [2.45, 2.75) is 26.4 Å². The second-order valence-electron chi connectivity index (χ2n) is 4.78. The normalized spacial score (nSPS) is 11.0. The molecule has 0 radical (unpaired) electrons. The second-order valence-corrected chi connectivity index (χ2v) is 4.78. The molecule has 0 aromatic heterocycles. The van der Waals surface area contributed by atoms with Gasteiger partial charge in [0.2, 0.25) is 0 Å². The molecule has 1 aromatic carbocycles. The van der Waals surface area contributed by atoms with Gasteiger partial charge in [0, 0.05) is 0 Å². The zero-order chi connectivity index (χ0) is 16.2. The first kappa shape index (κ1) is 16.9. The first-order chi connectivity index (χ1) is 9.76. The van der Waals surface area contributed by atoms with E-state index in [2.05, 4.69) is 4.74 Å². The maximum atomic E-state index is 14.1. The first-order valence-corrected chi connectivity index (χ1v) is 6.43. The van der Waals surface area contributed by atoms with E-state index in [1.54, 1.807) is 6.92 Å². The molecule has 0 atom stereocenters. The molecule has 0 amide bonds. The van der Waals surface area contributed by atoms with Crippen LogP contribution in [-0.4, -0.2) is 32.6 Å². The zero-order valence-electron chi connectivity index (χ0n) is 12.8. The molecule has 0 aliphatic carbocycles. The van der Waals surface area contributed by atoms with Crippen LogP contribution in [0, 0.1) is 0 Å². The lowest BCUT2D eigenvalue weighted by Crippen LogP contribution is -2.20. The van der Waals surface area contributed by atoms with E-state index in [-0.39, 0.29) is 29.2 Å². The summed E-state index contributed by atoms with van der Waals surface area (Å²) in [6, 6.07) is 2.71. The van der Waals surface area contributed by atoms with E-state index in [1.807, 2.05) is 0 Å². The maximum absolute atomic E-state index is 14.1. The lowest BCUT2D eigenvalue weighted by molar-refractivity contribution is -0.137. The number of halogens is 1. The molecule has 0 fully saturated rings. The molecule has 116 valence electrons. The Balaban J connectivity index is 3.47. The smallest absolute Gasteiger partial charge is 0.379 e. The summed E-state index contributed by atoms with van der Waals surface area (Å²) >= 11 is 0. The predicted molar refractivity (Wildman–Crippen MR) is 74.6 cm³/mol. The maximum Gasteiger partial charge on any atom is 0.379 e. The second kappa shape index (κ2) is 6.56. The van der Waals surface area contributed by atoms with Crippen LogP contribution in [0.5, 0.6) is 11.5 Å². The number of esters is 1. The van der Waals surface area contributed by atoms with Gasteiger partial charge in [0.05, 0.1) is 26.4 Å². The van der Waals surface area contributed by atoms with Crippen molar-refractivity contribution in [3.8, 4) is 11.5 Å². The van der Waals surface area contributed by atoms with Gasteiger partial charge in [0.15, 0.2) is 11.5 Å². The van der Waals surface area contributed by atoms with Crippen LogP contribution in [0.1, 0.15) is 36.7 Å². The van der Waals surface area contributed by atoms with Gasteiger partial charge in [-0.25, -0.2) is 9.18 Å². The van der Waals surface area contributed by atoms with Crippen LogP contribution in [0.15, 0.2) is 12.1 Å². The monoisotopic (exact) mass is 298 g/mol. The molecule has 5 nitrogen and oxygen atoms in total. The third kappa shape index (κ3) is 3.71. The van der Waals surface area contributed by atoms with E-state index < -0.39 is 17.4 Å². The number of alkyl halides is 1. The third-order valence-electron chi connectivity index (χ3n) is 2.87. The van der Waals surface area contributed by atoms with Crippen molar-refractivity contribution in [1.82, 2.24) is 0 Å². The molecule has 1 rings (SSSR count). The minimum Gasteiger partial charge on any atom is -0.493 e. The van der Waals surface area contributed by atoms with Gasteiger partial charge in [0.25, 0.3) is 5.78 Å². The number of carbonyl (C=O) groups is 2. The molecule has 0 saturated heterocycles. The van der Waals surface area contributed by atoms with E-state index in [0.29, 0.717) is 0 Å². The van der Waals surface area contributed by atoms with Crippen molar-refractivity contribution >= 4 is 11.8 Å². The number of Topliss-reactive ketones (excluding diaryl/α,β-unsaturated/α-hetero) is 1. The van der Waals surface area contributed by atoms with Crippen LogP contribution in [0.2, 0.25) is 0 Å². The fourth-order valence-electron chi connectivity index (χ4n) is 1.78. The molecular formula is C15H19FO5. The molecule has 0 aliphatic heterocycles. The van der Waals surface area contributed by atoms with Crippen LogP contribution < -0.4 is 9.47 Å². The van der Waals surface area contributed by atoms with Crippen molar-refractivity contribution in [1.29, 1.82) is 0 Å². The number of hydrogen-bond acceptors (Lipinski definition) is 5. The highest BCUT2D eigenvalue weighted by Gasteiger charge is 2.29. The Morgan fingerprint density at radius 3 is 2.24 bits per heavy atom. The van der Waals surface area contributed by atoms with Crippen molar-refractivity contribution in [2.75, 3.05) is 20.8 Å². The van der Waals surface area contributed by atoms with Gasteiger partial charge in [0.1, 0.15) is 5.67 Å². The fraction of sp³-hybridized carbons (Fsp3) is 0.467. The predicted octanol–water partition coefficient (Wildman–Crippen LogP) is 2.65. The van der Waals surface area contributed by atoms with Crippen LogP contribution in [-0.2, 0) is 15.2 Å². The highest BCUT2D eigenvalue weighted by molar-refractivity contribution is 6.41. The SMILES string of the molecule is CCOC(=O)C(=O)c1cc(C(C)(C)F)cc(OC)c1OC. The number of ether oxygens (including phenoxy) is 3. The largest absolute Gasteiger partial charge is 0.493 e.